The minimum absolute atomic E-state index is 0.108. The summed E-state index contributed by atoms with van der Waals surface area (Å²) in [7, 11) is 0. The molecular formula is C17H17BrN4O. The molecule has 1 aliphatic rings. The van der Waals surface area contributed by atoms with Gasteiger partial charge in [0.25, 0.3) is 0 Å². The molecule has 6 heteroatoms. The van der Waals surface area contributed by atoms with Gasteiger partial charge in [0.1, 0.15) is 11.6 Å². The number of fused-ring (bicyclic) bond motifs is 1. The van der Waals surface area contributed by atoms with Crippen LogP contribution in [0.15, 0.2) is 40.2 Å². The van der Waals surface area contributed by atoms with Gasteiger partial charge in [-0.25, -0.2) is 0 Å². The predicted molar refractivity (Wildman–Crippen MR) is 90.7 cm³/mol. The second kappa shape index (κ2) is 5.43. The van der Waals surface area contributed by atoms with Crippen molar-refractivity contribution in [2.45, 2.75) is 32.1 Å². The van der Waals surface area contributed by atoms with Crippen LogP contribution < -0.4 is 10.5 Å². The fraction of sp³-hybridized carbons (Fsp3) is 0.294. The van der Waals surface area contributed by atoms with Crippen LogP contribution in [0, 0.1) is 11.3 Å². The van der Waals surface area contributed by atoms with Gasteiger partial charge >= 0.3 is 0 Å². The molecule has 1 aromatic carbocycles. The third-order valence-electron chi connectivity index (χ3n) is 3.87. The highest BCUT2D eigenvalue weighted by molar-refractivity contribution is 9.10. The monoisotopic (exact) mass is 372 g/mol. The fourth-order valence-corrected chi connectivity index (χ4v) is 3.25. The third kappa shape index (κ3) is 2.62. The average Bonchev–Trinajstić information content (AvgIpc) is 2.89. The second-order valence-corrected chi connectivity index (χ2v) is 7.46. The lowest BCUT2D eigenvalue weighted by atomic mass is 9.79. The summed E-state index contributed by atoms with van der Waals surface area (Å²) in [5, 5.41) is 16.9. The number of hydrogen-bond donors (Lipinski definition) is 2. The van der Waals surface area contributed by atoms with Gasteiger partial charge in [-0.15, -0.1) is 5.10 Å². The molecule has 1 atom stereocenters. The summed E-state index contributed by atoms with van der Waals surface area (Å²) in [6.45, 7) is 6.27. The minimum atomic E-state index is -0.297. The first-order chi connectivity index (χ1) is 10.8. The largest absolute Gasteiger partial charge is 0.420 e. The predicted octanol–water partition coefficient (Wildman–Crippen LogP) is 3.69. The summed E-state index contributed by atoms with van der Waals surface area (Å²) >= 11 is 3.49. The quantitative estimate of drug-likeness (QED) is 0.798. The van der Waals surface area contributed by atoms with Crippen LogP contribution in [0.5, 0.6) is 5.88 Å². The van der Waals surface area contributed by atoms with E-state index in [1.165, 1.54) is 0 Å². The molecule has 0 aliphatic carbocycles. The number of benzene rings is 1. The Bertz CT molecular complexity index is 839. The summed E-state index contributed by atoms with van der Waals surface area (Å²) in [5.74, 6) is 0.252. The van der Waals surface area contributed by atoms with Crippen molar-refractivity contribution in [3.8, 4) is 11.9 Å². The van der Waals surface area contributed by atoms with Gasteiger partial charge in [-0.3, -0.25) is 5.10 Å². The number of aromatic nitrogens is 2. The number of H-pyrrole nitrogens is 1. The number of nitrogens with two attached hydrogens (primary N) is 1. The van der Waals surface area contributed by atoms with E-state index in [1.807, 2.05) is 24.3 Å². The Kier molecular flexibility index (Phi) is 3.69. The molecule has 3 rings (SSSR count). The molecule has 0 radical (unpaired) electrons. The lowest BCUT2D eigenvalue weighted by Gasteiger charge is -2.27. The van der Waals surface area contributed by atoms with E-state index in [1.54, 1.807) is 0 Å². The van der Waals surface area contributed by atoms with Gasteiger partial charge in [-0.05, 0) is 17.7 Å². The van der Waals surface area contributed by atoms with Crippen LogP contribution in [0.3, 0.4) is 0 Å². The van der Waals surface area contributed by atoms with E-state index < -0.39 is 0 Å². The smallest absolute Gasteiger partial charge is 0.244 e. The molecule has 0 saturated carbocycles. The van der Waals surface area contributed by atoms with Crippen LogP contribution >= 0.6 is 15.9 Å². The molecule has 2 heterocycles. The molecule has 3 N–H and O–H groups in total. The normalized spacial score (nSPS) is 17.4. The zero-order valence-corrected chi connectivity index (χ0v) is 14.7. The first-order valence-corrected chi connectivity index (χ1v) is 8.04. The molecular weight excluding hydrogens is 356 g/mol. The zero-order chi connectivity index (χ0) is 16.8. The van der Waals surface area contributed by atoms with E-state index in [-0.39, 0.29) is 17.2 Å². The Morgan fingerprint density at radius 3 is 2.74 bits per heavy atom. The van der Waals surface area contributed by atoms with Crippen LogP contribution in [-0.2, 0) is 5.41 Å². The number of aromatic amines is 1. The zero-order valence-electron chi connectivity index (χ0n) is 13.1. The van der Waals surface area contributed by atoms with Crippen LogP contribution in [0.2, 0.25) is 0 Å². The summed E-state index contributed by atoms with van der Waals surface area (Å²) in [6.07, 6.45) is 0. The van der Waals surface area contributed by atoms with E-state index in [2.05, 4.69) is 53.0 Å². The van der Waals surface area contributed by atoms with Crippen molar-refractivity contribution in [2.24, 2.45) is 5.73 Å². The Balaban J connectivity index is 2.28. The Morgan fingerprint density at radius 2 is 2.13 bits per heavy atom. The average molecular weight is 373 g/mol. The number of allylic oxidation sites excluding steroid dienone is 1. The molecule has 2 aromatic rings. The van der Waals surface area contributed by atoms with Crippen molar-refractivity contribution in [3.63, 3.8) is 0 Å². The first kappa shape index (κ1) is 15.6. The SMILES string of the molecule is CC(C)(C)c1[nH]nc2c1[C@H](c1cccc(Br)c1)C(C#N)=C(N)O2. The van der Waals surface area contributed by atoms with Crippen LogP contribution in [-0.4, -0.2) is 10.2 Å². The van der Waals surface area contributed by atoms with Gasteiger partial charge in [0.2, 0.25) is 11.8 Å². The molecule has 0 unspecified atom stereocenters. The van der Waals surface area contributed by atoms with Crippen molar-refractivity contribution < 1.29 is 4.74 Å². The Morgan fingerprint density at radius 1 is 1.39 bits per heavy atom. The van der Waals surface area contributed by atoms with Crippen LogP contribution in [0.4, 0.5) is 0 Å². The number of nitrogens with zero attached hydrogens (tertiary/aromatic N) is 2. The van der Waals surface area contributed by atoms with E-state index in [0.29, 0.717) is 11.5 Å². The number of nitriles is 1. The molecule has 0 fully saturated rings. The second-order valence-electron chi connectivity index (χ2n) is 6.55. The molecule has 0 saturated heterocycles. The van der Waals surface area contributed by atoms with Gasteiger partial charge < -0.3 is 10.5 Å². The molecule has 0 amide bonds. The number of halogens is 1. The Hall–Kier alpha value is -2.26. The van der Waals surface area contributed by atoms with Crippen molar-refractivity contribution in [2.75, 3.05) is 0 Å². The standard InChI is InChI=1S/C17H17BrN4O/c1-17(2,3)14-13-12(9-5-4-6-10(18)7-9)11(8-19)15(20)23-16(13)22-21-14/h4-7,12H,20H2,1-3H3,(H,21,22)/t12-/m1/s1. The van der Waals surface area contributed by atoms with Gasteiger partial charge in [0, 0.05) is 15.6 Å². The number of ether oxygens (including phenoxy) is 1. The van der Waals surface area contributed by atoms with Gasteiger partial charge in [0.05, 0.1) is 11.5 Å². The van der Waals surface area contributed by atoms with Crippen molar-refractivity contribution in [3.05, 3.63) is 57.0 Å². The molecule has 118 valence electrons. The first-order valence-electron chi connectivity index (χ1n) is 7.24. The van der Waals surface area contributed by atoms with Crippen molar-refractivity contribution in [1.29, 1.82) is 5.26 Å². The van der Waals surface area contributed by atoms with Crippen molar-refractivity contribution in [1.82, 2.24) is 10.2 Å². The summed E-state index contributed by atoms with van der Waals surface area (Å²) in [5.41, 5.74) is 8.98. The number of hydrogen-bond acceptors (Lipinski definition) is 4. The maximum atomic E-state index is 9.61. The highest BCUT2D eigenvalue weighted by Gasteiger charge is 2.37. The maximum absolute atomic E-state index is 9.61. The van der Waals surface area contributed by atoms with E-state index in [0.717, 1.165) is 21.3 Å². The van der Waals surface area contributed by atoms with Crippen molar-refractivity contribution >= 4 is 15.9 Å². The number of rotatable bonds is 1. The topological polar surface area (TPSA) is 87.7 Å². The molecule has 0 bridgehead atoms. The van der Waals surface area contributed by atoms with E-state index in [9.17, 15) is 5.26 Å². The lowest BCUT2D eigenvalue weighted by molar-refractivity contribution is 0.378. The van der Waals surface area contributed by atoms with Gasteiger partial charge in [-0.1, -0.05) is 48.8 Å². The van der Waals surface area contributed by atoms with E-state index in [4.69, 9.17) is 10.5 Å². The summed E-state index contributed by atoms with van der Waals surface area (Å²) < 4.78 is 6.52. The molecule has 5 nitrogen and oxygen atoms in total. The maximum Gasteiger partial charge on any atom is 0.244 e. The number of nitrogens with one attached hydrogen (secondary N) is 1. The highest BCUT2D eigenvalue weighted by atomic mass is 79.9. The molecule has 0 spiro atoms. The molecule has 1 aromatic heterocycles. The fourth-order valence-electron chi connectivity index (χ4n) is 2.84. The highest BCUT2D eigenvalue weighted by Crippen LogP contribution is 2.45. The van der Waals surface area contributed by atoms with Gasteiger partial charge in [-0.2, -0.15) is 5.26 Å². The minimum Gasteiger partial charge on any atom is -0.420 e. The van der Waals surface area contributed by atoms with Crippen LogP contribution in [0.1, 0.15) is 43.5 Å². The lowest BCUT2D eigenvalue weighted by Crippen LogP contribution is -2.23. The van der Waals surface area contributed by atoms with Gasteiger partial charge in [0.15, 0.2) is 0 Å². The van der Waals surface area contributed by atoms with Crippen LogP contribution in [0.25, 0.3) is 0 Å². The summed E-state index contributed by atoms with van der Waals surface area (Å²) in [6, 6.07) is 10.1. The molecule has 23 heavy (non-hydrogen) atoms. The Labute approximate surface area is 143 Å². The third-order valence-corrected chi connectivity index (χ3v) is 4.36. The van der Waals surface area contributed by atoms with E-state index >= 15 is 0 Å². The summed E-state index contributed by atoms with van der Waals surface area (Å²) in [4.78, 5) is 0. The molecule has 1 aliphatic heterocycles.